The molecule has 0 aromatic heterocycles. The van der Waals surface area contributed by atoms with Gasteiger partial charge in [0.25, 0.3) is 0 Å². The van der Waals surface area contributed by atoms with Crippen LogP contribution in [0.1, 0.15) is 104 Å². The Morgan fingerprint density at radius 3 is 1.73 bits per heavy atom. The van der Waals surface area contributed by atoms with Crippen LogP contribution in [-0.2, 0) is 4.74 Å². The van der Waals surface area contributed by atoms with Crippen LogP contribution in [0.3, 0.4) is 0 Å². The molecular weight excluding hydrogens is 375 g/mol. The summed E-state index contributed by atoms with van der Waals surface area (Å²) in [6.45, 7) is 4.58. The summed E-state index contributed by atoms with van der Waals surface area (Å²) in [5, 5.41) is 0. The third kappa shape index (κ3) is 9.80. The van der Waals surface area contributed by atoms with Crippen molar-refractivity contribution in [2.45, 2.75) is 120 Å². The third-order valence-corrected chi connectivity index (χ3v) is 6.97. The minimum atomic E-state index is 0.622. The number of hydrogen-bond donors (Lipinski definition) is 0. The van der Waals surface area contributed by atoms with Gasteiger partial charge in [-0.15, -0.1) is 0 Å². The molecule has 129 valence electrons. The van der Waals surface area contributed by atoms with Gasteiger partial charge in [0.05, 0.1) is 12.2 Å². The molecule has 0 aromatic carbocycles. The van der Waals surface area contributed by atoms with Crippen LogP contribution in [0.15, 0.2) is 0 Å². The monoisotopic (exact) mass is 415 g/mol. The van der Waals surface area contributed by atoms with E-state index in [4.69, 9.17) is 4.74 Å². The fraction of sp³-hybridized carbons (Fsp3) is 1.00. The molecule has 0 bridgehead atoms. The van der Waals surface area contributed by atoms with Crippen LogP contribution in [0.25, 0.3) is 0 Å². The van der Waals surface area contributed by atoms with Crippen LogP contribution in [0.2, 0.25) is 4.44 Å². The molecule has 0 N–H and O–H groups in total. The average molecular weight is 414 g/mol. The van der Waals surface area contributed by atoms with Crippen LogP contribution >= 0.6 is 0 Å². The van der Waals surface area contributed by atoms with E-state index in [0.717, 1.165) is 5.92 Å². The molecule has 2 fully saturated rings. The Labute approximate surface area is 153 Å². The standard InChI is InChI=1S/C12H22O.C8H17.Sn/c1-3-7-11(8-4-1)13-12-9-5-2-6-10-12;1-4-6-7-8(3)5-2;/h11-12H,1-10H2;8H,3-7H2,1-2H3;. The summed E-state index contributed by atoms with van der Waals surface area (Å²) in [6.07, 6.45) is 20.7. The second kappa shape index (κ2) is 14.1. The Morgan fingerprint density at radius 1 is 0.864 bits per heavy atom. The van der Waals surface area contributed by atoms with Gasteiger partial charge in [-0.2, -0.15) is 0 Å². The summed E-state index contributed by atoms with van der Waals surface area (Å²) in [4.78, 5) is 0. The van der Waals surface area contributed by atoms with Gasteiger partial charge in [-0.3, -0.25) is 0 Å². The summed E-state index contributed by atoms with van der Waals surface area (Å²) >= 11 is 1.71. The topological polar surface area (TPSA) is 9.23 Å². The van der Waals surface area contributed by atoms with Crippen molar-refractivity contribution in [1.29, 1.82) is 0 Å². The van der Waals surface area contributed by atoms with Crippen molar-refractivity contribution >= 4 is 22.5 Å². The SMILES string of the molecule is C1CCC(OC2CCCCC2)CC1.CCCCC(CC)[CH2][Sn]. The molecule has 2 rings (SSSR count). The molecule has 0 aromatic rings. The summed E-state index contributed by atoms with van der Waals surface area (Å²) in [5.41, 5.74) is 0. The first kappa shape index (κ1) is 20.8. The average Bonchev–Trinajstić information content (AvgIpc) is 2.58. The molecule has 0 aliphatic heterocycles. The predicted molar refractivity (Wildman–Crippen MR) is 98.7 cm³/mol. The first-order valence-electron chi connectivity index (χ1n) is 10.1. The summed E-state index contributed by atoms with van der Waals surface area (Å²) in [7, 11) is 0. The zero-order valence-corrected chi connectivity index (χ0v) is 18.1. The Morgan fingerprint density at radius 2 is 1.36 bits per heavy atom. The van der Waals surface area contributed by atoms with Gasteiger partial charge in [0.2, 0.25) is 0 Å². The van der Waals surface area contributed by atoms with Gasteiger partial charge < -0.3 is 4.74 Å². The van der Waals surface area contributed by atoms with E-state index in [-0.39, 0.29) is 0 Å². The molecule has 1 unspecified atom stereocenters. The Bertz CT molecular complexity index is 212. The zero-order valence-electron chi connectivity index (χ0n) is 15.2. The van der Waals surface area contributed by atoms with E-state index < -0.39 is 0 Å². The molecule has 0 amide bonds. The Balaban J connectivity index is 0.000000239. The van der Waals surface area contributed by atoms with Gasteiger partial charge in [0, 0.05) is 0 Å². The summed E-state index contributed by atoms with van der Waals surface area (Å²) in [5.74, 6) is 1.04. The quantitative estimate of drug-likeness (QED) is 0.435. The molecule has 22 heavy (non-hydrogen) atoms. The predicted octanol–water partition coefficient (Wildman–Crippen LogP) is 6.46. The third-order valence-electron chi connectivity index (χ3n) is 5.32. The maximum atomic E-state index is 6.13. The van der Waals surface area contributed by atoms with E-state index in [1.54, 1.807) is 22.5 Å². The zero-order chi connectivity index (χ0) is 16.0. The first-order valence-corrected chi connectivity index (χ1v) is 12.1. The molecule has 0 spiro atoms. The minimum absolute atomic E-state index is 0.622. The van der Waals surface area contributed by atoms with E-state index in [9.17, 15) is 0 Å². The fourth-order valence-electron chi connectivity index (χ4n) is 3.62. The first-order chi connectivity index (χ1) is 10.8. The van der Waals surface area contributed by atoms with Crippen molar-refractivity contribution in [2.24, 2.45) is 5.92 Å². The summed E-state index contributed by atoms with van der Waals surface area (Å²) in [6, 6.07) is 0. The van der Waals surface area contributed by atoms with Crippen LogP contribution < -0.4 is 0 Å². The fourth-order valence-corrected chi connectivity index (χ4v) is 5.02. The number of hydrogen-bond acceptors (Lipinski definition) is 1. The van der Waals surface area contributed by atoms with E-state index in [1.807, 2.05) is 0 Å². The molecule has 2 heteroatoms. The van der Waals surface area contributed by atoms with Crippen molar-refractivity contribution < 1.29 is 4.74 Å². The van der Waals surface area contributed by atoms with Gasteiger partial charge >= 0.3 is 72.4 Å². The van der Waals surface area contributed by atoms with Crippen molar-refractivity contribution in [1.82, 2.24) is 0 Å². The van der Waals surface area contributed by atoms with Crippen molar-refractivity contribution in [3.05, 3.63) is 0 Å². The van der Waals surface area contributed by atoms with Crippen LogP contribution in [0, 0.1) is 5.92 Å². The van der Waals surface area contributed by atoms with Gasteiger partial charge in [0.1, 0.15) is 0 Å². The van der Waals surface area contributed by atoms with Gasteiger partial charge in [-0.1, -0.05) is 38.5 Å². The van der Waals surface area contributed by atoms with Crippen LogP contribution in [0.5, 0.6) is 0 Å². The van der Waals surface area contributed by atoms with E-state index in [1.165, 1.54) is 94.3 Å². The van der Waals surface area contributed by atoms with Gasteiger partial charge in [-0.05, 0) is 25.7 Å². The molecule has 0 heterocycles. The second-order valence-corrected chi connectivity index (χ2v) is 8.44. The molecule has 3 radical (unpaired) electrons. The van der Waals surface area contributed by atoms with Crippen molar-refractivity contribution in [3.8, 4) is 0 Å². The molecule has 1 nitrogen and oxygen atoms in total. The molecule has 1 atom stereocenters. The van der Waals surface area contributed by atoms with E-state index in [2.05, 4.69) is 13.8 Å². The molecule has 0 saturated heterocycles. The Hall–Kier alpha value is 0.759. The van der Waals surface area contributed by atoms with Crippen LogP contribution in [-0.4, -0.2) is 34.7 Å². The number of unbranched alkanes of at least 4 members (excludes halogenated alkanes) is 1. The molecular formula is C20H39OSn. The molecule has 2 aliphatic rings. The summed E-state index contributed by atoms with van der Waals surface area (Å²) < 4.78 is 7.59. The normalized spacial score (nSPS) is 22.0. The molecule has 2 aliphatic carbocycles. The molecule has 2 saturated carbocycles. The van der Waals surface area contributed by atoms with E-state index >= 15 is 0 Å². The van der Waals surface area contributed by atoms with E-state index in [0.29, 0.717) is 12.2 Å². The van der Waals surface area contributed by atoms with Gasteiger partial charge in [0.15, 0.2) is 0 Å². The van der Waals surface area contributed by atoms with Gasteiger partial charge in [-0.25, -0.2) is 0 Å². The van der Waals surface area contributed by atoms with Crippen LogP contribution in [0.4, 0.5) is 0 Å². The number of ether oxygens (including phenoxy) is 1. The van der Waals surface area contributed by atoms with Crippen molar-refractivity contribution in [2.75, 3.05) is 0 Å². The number of rotatable bonds is 7. The maximum absolute atomic E-state index is 6.13. The second-order valence-electron chi connectivity index (χ2n) is 7.28. The Kier molecular flexibility index (Phi) is 13.4. The van der Waals surface area contributed by atoms with Crippen molar-refractivity contribution in [3.63, 3.8) is 0 Å².